The molecule has 0 aliphatic heterocycles. The molecule has 0 unspecified atom stereocenters. The van der Waals surface area contributed by atoms with Crippen molar-refractivity contribution in [3.63, 3.8) is 0 Å². The molecule has 0 aromatic heterocycles. The maximum absolute atomic E-state index is 8.88. The lowest BCUT2D eigenvalue weighted by Crippen LogP contribution is -2.15. The molecule has 0 bridgehead atoms. The number of nitrogens with zero attached hydrogens (tertiary/aromatic N) is 1. The number of benzene rings is 1. The molecule has 19 heavy (non-hydrogen) atoms. The normalized spacial score (nSPS) is 17.4. The van der Waals surface area contributed by atoms with Gasteiger partial charge in [0, 0.05) is 0 Å². The van der Waals surface area contributed by atoms with Crippen molar-refractivity contribution in [1.82, 2.24) is 0 Å². The zero-order valence-corrected chi connectivity index (χ0v) is 11.6. The second kappa shape index (κ2) is 7.17. The smallest absolute Gasteiger partial charge is 0.119 e. The Bertz CT molecular complexity index is 405. The Balaban J connectivity index is 1.87. The molecule has 0 saturated heterocycles. The van der Waals surface area contributed by atoms with Crippen molar-refractivity contribution < 1.29 is 9.94 Å². The third-order valence-corrected chi connectivity index (χ3v) is 3.85. The summed E-state index contributed by atoms with van der Waals surface area (Å²) in [5.74, 6) is 1.63. The molecule has 1 N–H and O–H groups in total. The fourth-order valence-electron chi connectivity index (χ4n) is 2.64. The van der Waals surface area contributed by atoms with Crippen molar-refractivity contribution in [2.75, 3.05) is 6.61 Å². The lowest BCUT2D eigenvalue weighted by Gasteiger charge is -2.21. The summed E-state index contributed by atoms with van der Waals surface area (Å²) in [4.78, 5) is 0. The van der Waals surface area contributed by atoms with Crippen LogP contribution in [0.25, 0.3) is 0 Å². The van der Waals surface area contributed by atoms with Crippen LogP contribution >= 0.6 is 0 Å². The number of hydrogen-bond acceptors (Lipinski definition) is 3. The van der Waals surface area contributed by atoms with Gasteiger partial charge in [-0.05, 0) is 55.0 Å². The molecular formula is C16H23NO2. The average Bonchev–Trinajstić information content (AvgIpc) is 2.49. The van der Waals surface area contributed by atoms with Crippen molar-refractivity contribution in [2.45, 2.75) is 45.4 Å². The molecule has 0 atom stereocenters. The highest BCUT2D eigenvalue weighted by Gasteiger charge is 2.13. The van der Waals surface area contributed by atoms with E-state index < -0.39 is 0 Å². The number of oxime groups is 1. The minimum absolute atomic E-state index is 0.707. The third kappa shape index (κ3) is 3.98. The van der Waals surface area contributed by atoms with Crippen LogP contribution in [-0.2, 0) is 0 Å². The summed E-state index contributed by atoms with van der Waals surface area (Å²) in [5.41, 5.74) is 1.66. The van der Waals surface area contributed by atoms with Crippen molar-refractivity contribution in [3.05, 3.63) is 29.8 Å². The van der Waals surface area contributed by atoms with Gasteiger partial charge in [-0.1, -0.05) is 31.3 Å². The molecule has 1 aromatic carbocycles. The molecule has 104 valence electrons. The van der Waals surface area contributed by atoms with Crippen LogP contribution in [0.3, 0.4) is 0 Å². The molecule has 1 saturated carbocycles. The number of rotatable bonds is 5. The zero-order valence-electron chi connectivity index (χ0n) is 11.6. The number of hydrogen-bond donors (Lipinski definition) is 1. The first kappa shape index (κ1) is 13.9. The van der Waals surface area contributed by atoms with Gasteiger partial charge in [0.1, 0.15) is 5.75 Å². The van der Waals surface area contributed by atoms with Gasteiger partial charge < -0.3 is 9.94 Å². The molecule has 3 heteroatoms. The predicted octanol–water partition coefficient (Wildman–Crippen LogP) is 4.23. The van der Waals surface area contributed by atoms with Gasteiger partial charge in [-0.15, -0.1) is 0 Å². The largest absolute Gasteiger partial charge is 0.493 e. The van der Waals surface area contributed by atoms with Gasteiger partial charge in [-0.3, -0.25) is 0 Å². The standard InChI is InChI=1S/C16H23NO2/c1-2-16(17-18)14-8-10-15(11-9-14)19-12-13-6-4-3-5-7-13/h8-11,13,18H,2-7,12H2,1H3/b17-16+. The van der Waals surface area contributed by atoms with Crippen LogP contribution < -0.4 is 4.74 Å². The molecule has 0 amide bonds. The van der Waals surface area contributed by atoms with Crippen molar-refractivity contribution in [2.24, 2.45) is 11.1 Å². The highest BCUT2D eigenvalue weighted by molar-refractivity contribution is 6.00. The van der Waals surface area contributed by atoms with E-state index in [2.05, 4.69) is 5.16 Å². The molecular weight excluding hydrogens is 238 g/mol. The van der Waals surface area contributed by atoms with Gasteiger partial charge in [-0.2, -0.15) is 0 Å². The van der Waals surface area contributed by atoms with Crippen molar-refractivity contribution in [1.29, 1.82) is 0 Å². The van der Waals surface area contributed by atoms with Crippen LogP contribution in [0, 0.1) is 5.92 Å². The maximum atomic E-state index is 8.88. The first-order valence-corrected chi connectivity index (χ1v) is 7.27. The highest BCUT2D eigenvalue weighted by atomic mass is 16.5. The zero-order chi connectivity index (χ0) is 13.5. The van der Waals surface area contributed by atoms with Gasteiger partial charge in [0.2, 0.25) is 0 Å². The van der Waals surface area contributed by atoms with Crippen molar-refractivity contribution in [3.8, 4) is 5.75 Å². The van der Waals surface area contributed by atoms with Crippen LogP contribution in [0.15, 0.2) is 29.4 Å². The van der Waals surface area contributed by atoms with Gasteiger partial charge >= 0.3 is 0 Å². The monoisotopic (exact) mass is 261 g/mol. The van der Waals surface area contributed by atoms with Crippen LogP contribution in [-0.4, -0.2) is 17.5 Å². The minimum Gasteiger partial charge on any atom is -0.493 e. The van der Waals surface area contributed by atoms with Crippen LogP contribution in [0.2, 0.25) is 0 Å². The second-order valence-corrected chi connectivity index (χ2v) is 5.24. The molecule has 3 nitrogen and oxygen atoms in total. The summed E-state index contributed by atoms with van der Waals surface area (Å²) in [6.45, 7) is 2.80. The lowest BCUT2D eigenvalue weighted by molar-refractivity contribution is 0.209. The summed E-state index contributed by atoms with van der Waals surface area (Å²) in [6.07, 6.45) is 7.40. The quantitative estimate of drug-likeness (QED) is 0.489. The van der Waals surface area contributed by atoms with E-state index in [1.807, 2.05) is 31.2 Å². The maximum Gasteiger partial charge on any atom is 0.119 e. The summed E-state index contributed by atoms with van der Waals surface area (Å²) in [6, 6.07) is 7.82. The third-order valence-electron chi connectivity index (χ3n) is 3.85. The molecule has 0 radical (unpaired) electrons. The van der Waals surface area contributed by atoms with E-state index in [0.717, 1.165) is 30.3 Å². The summed E-state index contributed by atoms with van der Waals surface area (Å²) in [5, 5.41) is 12.2. The Morgan fingerprint density at radius 3 is 2.47 bits per heavy atom. The summed E-state index contributed by atoms with van der Waals surface area (Å²) < 4.78 is 5.85. The Morgan fingerprint density at radius 1 is 1.21 bits per heavy atom. The van der Waals surface area contributed by atoms with Crippen LogP contribution in [0.4, 0.5) is 0 Å². The minimum atomic E-state index is 0.707. The van der Waals surface area contributed by atoms with E-state index in [0.29, 0.717) is 5.71 Å². The fraction of sp³-hybridized carbons (Fsp3) is 0.562. The van der Waals surface area contributed by atoms with E-state index in [-0.39, 0.29) is 0 Å². The van der Waals surface area contributed by atoms with Gasteiger partial charge in [0.25, 0.3) is 0 Å². The average molecular weight is 261 g/mol. The van der Waals surface area contributed by atoms with E-state index >= 15 is 0 Å². The molecule has 1 fully saturated rings. The molecule has 2 rings (SSSR count). The highest BCUT2D eigenvalue weighted by Crippen LogP contribution is 2.24. The Labute approximate surface area is 115 Å². The molecule has 1 aromatic rings. The van der Waals surface area contributed by atoms with E-state index in [9.17, 15) is 0 Å². The first-order valence-electron chi connectivity index (χ1n) is 7.27. The lowest BCUT2D eigenvalue weighted by atomic mass is 9.90. The van der Waals surface area contributed by atoms with Gasteiger partial charge in [0.15, 0.2) is 0 Å². The summed E-state index contributed by atoms with van der Waals surface area (Å²) >= 11 is 0. The topological polar surface area (TPSA) is 41.8 Å². The van der Waals surface area contributed by atoms with E-state index in [1.54, 1.807) is 0 Å². The Hall–Kier alpha value is -1.51. The Morgan fingerprint density at radius 2 is 1.89 bits per heavy atom. The second-order valence-electron chi connectivity index (χ2n) is 5.24. The SMILES string of the molecule is CC/C(=N\O)c1ccc(OCC2CCCCC2)cc1. The van der Waals surface area contributed by atoms with Gasteiger partial charge in [0.05, 0.1) is 12.3 Å². The van der Waals surface area contributed by atoms with Crippen LogP contribution in [0.1, 0.15) is 51.0 Å². The summed E-state index contributed by atoms with van der Waals surface area (Å²) in [7, 11) is 0. The predicted molar refractivity (Wildman–Crippen MR) is 77.1 cm³/mol. The van der Waals surface area contributed by atoms with Crippen LogP contribution in [0.5, 0.6) is 5.75 Å². The van der Waals surface area contributed by atoms with E-state index in [1.165, 1.54) is 32.1 Å². The van der Waals surface area contributed by atoms with Crippen molar-refractivity contribution >= 4 is 5.71 Å². The molecule has 0 spiro atoms. The van der Waals surface area contributed by atoms with Gasteiger partial charge in [-0.25, -0.2) is 0 Å². The molecule has 1 aliphatic rings. The fourth-order valence-corrected chi connectivity index (χ4v) is 2.64. The molecule has 1 aliphatic carbocycles. The Kier molecular flexibility index (Phi) is 5.25. The first-order chi connectivity index (χ1) is 9.33. The molecule has 0 heterocycles. The number of ether oxygens (including phenoxy) is 1. The van der Waals surface area contributed by atoms with E-state index in [4.69, 9.17) is 9.94 Å².